The van der Waals surface area contributed by atoms with Crippen molar-refractivity contribution in [2.24, 2.45) is 0 Å². The van der Waals surface area contributed by atoms with Crippen LogP contribution in [0.5, 0.6) is 0 Å². The maximum Gasteiger partial charge on any atom is 0.172 e. The second-order valence-corrected chi connectivity index (χ2v) is 15.3. The molecule has 49 heavy (non-hydrogen) atoms. The zero-order valence-corrected chi connectivity index (χ0v) is 27.3. The first kappa shape index (κ1) is 28.0. The molecule has 230 valence electrons. The fourth-order valence-electron chi connectivity index (χ4n) is 7.48. The highest BCUT2D eigenvalue weighted by Crippen LogP contribution is 2.43. The topological polar surface area (TPSA) is 47.3 Å². The molecule has 0 saturated heterocycles. The SMILES string of the molecule is O=P(c1ccccc1)(c1ccccc1)c1ccc(-c2ccc3nc4c5c6ccccc6ccc5c5cc6ccccc6cc5n4c3c2)nc1. The lowest BCUT2D eigenvalue weighted by Crippen LogP contribution is -2.25. The number of hydrogen-bond donors (Lipinski definition) is 0. The summed E-state index contributed by atoms with van der Waals surface area (Å²) < 4.78 is 17.2. The van der Waals surface area contributed by atoms with Crippen molar-refractivity contribution in [2.75, 3.05) is 0 Å². The third-order valence-electron chi connectivity index (χ3n) is 9.85. The van der Waals surface area contributed by atoms with Gasteiger partial charge in [0.25, 0.3) is 0 Å². The van der Waals surface area contributed by atoms with E-state index in [1.807, 2.05) is 72.8 Å². The van der Waals surface area contributed by atoms with Crippen LogP contribution in [-0.2, 0) is 4.57 Å². The molecule has 0 amide bonds. The van der Waals surface area contributed by atoms with Gasteiger partial charge in [0.1, 0.15) is 5.65 Å². The van der Waals surface area contributed by atoms with Gasteiger partial charge in [-0.1, -0.05) is 127 Å². The van der Waals surface area contributed by atoms with Crippen LogP contribution in [0.4, 0.5) is 0 Å². The molecule has 0 saturated carbocycles. The van der Waals surface area contributed by atoms with Crippen molar-refractivity contribution in [3.8, 4) is 11.3 Å². The van der Waals surface area contributed by atoms with Gasteiger partial charge in [-0.15, -0.1) is 0 Å². The van der Waals surface area contributed by atoms with Crippen molar-refractivity contribution in [1.29, 1.82) is 0 Å². The Bertz CT molecular complexity index is 2910. The average Bonchev–Trinajstić information content (AvgIpc) is 3.56. The first-order chi connectivity index (χ1) is 24.2. The molecule has 3 aromatic heterocycles. The number of benzene rings is 7. The standard InChI is InChI=1S/C44H28N3OP/c48-49(33-14-3-1-4-15-33,34-16-5-2-6-17-34)35-21-24-39(45-28-35)32-20-23-40-42(27-32)47-41-26-31-13-8-7-12-30(31)25-38(41)37-22-19-29-11-9-10-18-36(29)43(37)44(47)46-40/h1-28H. The van der Waals surface area contributed by atoms with Crippen LogP contribution in [0.2, 0.25) is 0 Å². The van der Waals surface area contributed by atoms with E-state index >= 15 is 0 Å². The molecule has 3 heterocycles. The van der Waals surface area contributed by atoms with E-state index in [-0.39, 0.29) is 0 Å². The minimum Gasteiger partial charge on any atom is -0.309 e. The van der Waals surface area contributed by atoms with Crippen LogP contribution in [0.1, 0.15) is 0 Å². The van der Waals surface area contributed by atoms with Crippen LogP contribution < -0.4 is 15.9 Å². The van der Waals surface area contributed by atoms with Gasteiger partial charge < -0.3 is 4.57 Å². The van der Waals surface area contributed by atoms with E-state index in [9.17, 15) is 4.57 Å². The Hall–Kier alpha value is -6.09. The molecule has 10 aromatic rings. The first-order valence-electron chi connectivity index (χ1n) is 16.4. The van der Waals surface area contributed by atoms with Gasteiger partial charge in [0.05, 0.1) is 22.2 Å². The molecule has 0 radical (unpaired) electrons. The quantitative estimate of drug-likeness (QED) is 0.109. The fraction of sp³-hybridized carbons (Fsp3) is 0. The van der Waals surface area contributed by atoms with E-state index in [0.29, 0.717) is 5.30 Å². The number of aromatic nitrogens is 3. The van der Waals surface area contributed by atoms with Crippen LogP contribution >= 0.6 is 7.14 Å². The Morgan fingerprint density at radius 2 is 1.16 bits per heavy atom. The Morgan fingerprint density at radius 1 is 0.490 bits per heavy atom. The van der Waals surface area contributed by atoms with Crippen LogP contribution in [0, 0.1) is 0 Å². The van der Waals surface area contributed by atoms with Gasteiger partial charge in [0.15, 0.2) is 7.14 Å². The van der Waals surface area contributed by atoms with E-state index in [2.05, 4.69) is 95.4 Å². The number of pyridine rings is 2. The summed E-state index contributed by atoms with van der Waals surface area (Å²) in [6.45, 7) is 0. The molecule has 0 aliphatic rings. The number of fused-ring (bicyclic) bond motifs is 11. The van der Waals surface area contributed by atoms with E-state index < -0.39 is 7.14 Å². The molecule has 0 aliphatic carbocycles. The summed E-state index contributed by atoms with van der Waals surface area (Å²) in [4.78, 5) is 10.2. The molecule has 0 unspecified atom stereocenters. The summed E-state index contributed by atoms with van der Waals surface area (Å²) in [6, 6.07) is 55.9. The molecule has 7 aromatic carbocycles. The Kier molecular flexibility index (Phi) is 6.12. The normalized spacial score (nSPS) is 12.2. The van der Waals surface area contributed by atoms with E-state index in [1.165, 1.54) is 32.3 Å². The van der Waals surface area contributed by atoms with Crippen molar-refractivity contribution in [1.82, 2.24) is 14.4 Å². The van der Waals surface area contributed by atoms with Gasteiger partial charge in [0, 0.05) is 38.4 Å². The highest BCUT2D eigenvalue weighted by Gasteiger charge is 2.30. The maximum atomic E-state index is 14.9. The van der Waals surface area contributed by atoms with Gasteiger partial charge in [0.2, 0.25) is 0 Å². The number of imidazole rings is 1. The van der Waals surface area contributed by atoms with Gasteiger partial charge in [-0.05, 0) is 63.3 Å². The molecule has 4 nitrogen and oxygen atoms in total. The van der Waals surface area contributed by atoms with E-state index in [4.69, 9.17) is 9.97 Å². The summed E-state index contributed by atoms with van der Waals surface area (Å²) >= 11 is 0. The maximum absolute atomic E-state index is 14.9. The summed E-state index contributed by atoms with van der Waals surface area (Å²) in [5, 5.41) is 10.6. The second kappa shape index (κ2) is 10.7. The molecule has 0 N–H and O–H groups in total. The monoisotopic (exact) mass is 645 g/mol. The zero-order chi connectivity index (χ0) is 32.5. The highest BCUT2D eigenvalue weighted by molar-refractivity contribution is 7.85. The minimum absolute atomic E-state index is 0.709. The summed E-state index contributed by atoms with van der Waals surface area (Å²) in [5.74, 6) is 0. The van der Waals surface area contributed by atoms with Crippen molar-refractivity contribution < 1.29 is 4.57 Å². The van der Waals surface area contributed by atoms with Gasteiger partial charge in [-0.25, -0.2) is 4.98 Å². The highest BCUT2D eigenvalue weighted by atomic mass is 31.2. The van der Waals surface area contributed by atoms with Crippen LogP contribution in [0.3, 0.4) is 0 Å². The predicted octanol–water partition coefficient (Wildman–Crippen LogP) is 9.80. The average molecular weight is 646 g/mol. The first-order valence-corrected chi connectivity index (χ1v) is 18.1. The van der Waals surface area contributed by atoms with Crippen LogP contribution in [-0.4, -0.2) is 14.4 Å². The molecular weight excluding hydrogens is 617 g/mol. The van der Waals surface area contributed by atoms with Crippen molar-refractivity contribution in [2.45, 2.75) is 0 Å². The molecule has 0 fully saturated rings. The van der Waals surface area contributed by atoms with Crippen LogP contribution in [0.15, 0.2) is 170 Å². The minimum atomic E-state index is -3.12. The smallest absolute Gasteiger partial charge is 0.172 e. The lowest BCUT2D eigenvalue weighted by atomic mass is 9.98. The Morgan fingerprint density at radius 3 is 1.88 bits per heavy atom. The molecule has 0 bridgehead atoms. The zero-order valence-electron chi connectivity index (χ0n) is 26.4. The molecule has 0 spiro atoms. The fourth-order valence-corrected chi connectivity index (χ4v) is 10.1. The number of rotatable bonds is 4. The Labute approximate surface area is 282 Å². The predicted molar refractivity (Wildman–Crippen MR) is 205 cm³/mol. The lowest BCUT2D eigenvalue weighted by Gasteiger charge is -2.19. The number of nitrogens with zero attached hydrogens (tertiary/aromatic N) is 3. The van der Waals surface area contributed by atoms with Gasteiger partial charge in [-0.3, -0.25) is 9.38 Å². The van der Waals surface area contributed by atoms with Gasteiger partial charge >= 0.3 is 0 Å². The molecule has 10 rings (SSSR count). The van der Waals surface area contributed by atoms with E-state index in [0.717, 1.165) is 49.4 Å². The third-order valence-corrected chi connectivity index (χ3v) is 12.9. The lowest BCUT2D eigenvalue weighted by molar-refractivity contribution is 0.592. The summed E-state index contributed by atoms with van der Waals surface area (Å²) in [6.07, 6.45) is 1.79. The number of hydrogen-bond acceptors (Lipinski definition) is 3. The Balaban J connectivity index is 1.21. The van der Waals surface area contributed by atoms with Crippen LogP contribution in [0.25, 0.3) is 71.2 Å². The molecule has 0 aliphatic heterocycles. The van der Waals surface area contributed by atoms with Gasteiger partial charge in [-0.2, -0.15) is 0 Å². The van der Waals surface area contributed by atoms with E-state index in [1.54, 1.807) is 6.20 Å². The second-order valence-electron chi connectivity index (χ2n) is 12.6. The largest absolute Gasteiger partial charge is 0.309 e. The van der Waals surface area contributed by atoms with Crippen molar-refractivity contribution in [3.63, 3.8) is 0 Å². The molecule has 0 atom stereocenters. The van der Waals surface area contributed by atoms with Crippen molar-refractivity contribution >= 4 is 83.0 Å². The summed E-state index contributed by atoms with van der Waals surface area (Å²) in [7, 11) is -3.12. The molecular formula is C44H28N3OP. The molecule has 5 heteroatoms. The summed E-state index contributed by atoms with van der Waals surface area (Å²) in [5.41, 5.74) is 5.79. The third kappa shape index (κ3) is 4.21. The van der Waals surface area contributed by atoms with Crippen molar-refractivity contribution in [3.05, 3.63) is 170 Å².